The van der Waals surface area contributed by atoms with Crippen molar-refractivity contribution in [2.45, 2.75) is 20.3 Å². The molecule has 10 nitrogen and oxygen atoms in total. The zero-order valence-electron chi connectivity index (χ0n) is 18.6. The summed E-state index contributed by atoms with van der Waals surface area (Å²) in [6, 6.07) is 10.6. The fraction of sp³-hybridized carbons (Fsp3) is 0.348. The number of hydrogen-bond donors (Lipinski definition) is 1. The minimum Gasteiger partial charge on any atom is -0.462 e. The highest BCUT2D eigenvalue weighted by Gasteiger charge is 2.26. The molecular formula is C23H26N4O6. The largest absolute Gasteiger partial charge is 0.462 e. The van der Waals surface area contributed by atoms with Gasteiger partial charge in [-0.1, -0.05) is 6.92 Å². The SMILES string of the molecule is CCCOC(=O)c1ccc(NC(=O)c2ccc(N3CCN(C(C)=O)CC3)c([N+](=O)[O-])c2)cc1. The van der Waals surface area contributed by atoms with Gasteiger partial charge >= 0.3 is 5.97 Å². The summed E-state index contributed by atoms with van der Waals surface area (Å²) in [4.78, 5) is 50.8. The number of anilines is 2. The number of piperazine rings is 1. The molecule has 0 atom stereocenters. The highest BCUT2D eigenvalue weighted by molar-refractivity contribution is 6.05. The number of esters is 1. The highest BCUT2D eigenvalue weighted by Crippen LogP contribution is 2.30. The second-order valence-electron chi connectivity index (χ2n) is 7.62. The second kappa shape index (κ2) is 10.6. The first-order chi connectivity index (χ1) is 15.8. The van der Waals surface area contributed by atoms with Crippen LogP contribution in [0.25, 0.3) is 0 Å². The molecule has 33 heavy (non-hydrogen) atoms. The Hall–Kier alpha value is -3.95. The van der Waals surface area contributed by atoms with E-state index in [4.69, 9.17) is 4.74 Å². The minimum absolute atomic E-state index is 0.0259. The first-order valence-corrected chi connectivity index (χ1v) is 10.7. The van der Waals surface area contributed by atoms with Crippen LogP contribution in [0.3, 0.4) is 0 Å². The normalized spacial score (nSPS) is 13.4. The molecule has 1 aliphatic rings. The third kappa shape index (κ3) is 5.85. The lowest BCUT2D eigenvalue weighted by molar-refractivity contribution is -0.384. The maximum atomic E-state index is 12.7. The molecule has 0 aromatic heterocycles. The number of nitrogens with one attached hydrogen (secondary N) is 1. The van der Waals surface area contributed by atoms with Crippen molar-refractivity contribution in [2.24, 2.45) is 0 Å². The molecule has 0 saturated carbocycles. The summed E-state index contributed by atoms with van der Waals surface area (Å²) in [5.74, 6) is -0.973. The maximum absolute atomic E-state index is 12.7. The van der Waals surface area contributed by atoms with Gasteiger partial charge < -0.3 is 19.9 Å². The zero-order chi connectivity index (χ0) is 24.0. The first-order valence-electron chi connectivity index (χ1n) is 10.7. The van der Waals surface area contributed by atoms with Gasteiger partial charge in [0.25, 0.3) is 11.6 Å². The van der Waals surface area contributed by atoms with Crippen LogP contribution in [0.4, 0.5) is 17.1 Å². The van der Waals surface area contributed by atoms with Crippen molar-refractivity contribution in [3.63, 3.8) is 0 Å². The van der Waals surface area contributed by atoms with E-state index in [2.05, 4.69) is 5.32 Å². The Bertz CT molecular complexity index is 1050. The fourth-order valence-electron chi connectivity index (χ4n) is 3.51. The number of hydrogen-bond acceptors (Lipinski definition) is 7. The van der Waals surface area contributed by atoms with E-state index in [0.29, 0.717) is 49.7 Å². The summed E-state index contributed by atoms with van der Waals surface area (Å²) in [5.41, 5.74) is 1.19. The molecule has 3 rings (SSSR count). The van der Waals surface area contributed by atoms with Crippen LogP contribution in [-0.4, -0.2) is 60.4 Å². The molecular weight excluding hydrogens is 428 g/mol. The van der Waals surface area contributed by atoms with Crippen molar-refractivity contribution in [1.29, 1.82) is 0 Å². The van der Waals surface area contributed by atoms with Gasteiger partial charge in [-0.2, -0.15) is 0 Å². The van der Waals surface area contributed by atoms with Crippen molar-refractivity contribution < 1.29 is 24.0 Å². The van der Waals surface area contributed by atoms with Gasteiger partial charge in [0.1, 0.15) is 5.69 Å². The van der Waals surface area contributed by atoms with Crippen LogP contribution in [0.2, 0.25) is 0 Å². The lowest BCUT2D eigenvalue weighted by Gasteiger charge is -2.35. The molecule has 174 valence electrons. The zero-order valence-corrected chi connectivity index (χ0v) is 18.6. The molecule has 10 heteroatoms. The Balaban J connectivity index is 1.71. The average Bonchev–Trinajstić information content (AvgIpc) is 2.82. The van der Waals surface area contributed by atoms with Crippen molar-refractivity contribution in [3.05, 3.63) is 63.7 Å². The molecule has 1 saturated heterocycles. The Kier molecular flexibility index (Phi) is 7.60. The van der Waals surface area contributed by atoms with Crippen molar-refractivity contribution in [3.8, 4) is 0 Å². The monoisotopic (exact) mass is 454 g/mol. The number of amides is 2. The molecule has 0 spiro atoms. The Morgan fingerprint density at radius 3 is 2.24 bits per heavy atom. The molecule has 2 aromatic carbocycles. The molecule has 1 fully saturated rings. The highest BCUT2D eigenvalue weighted by atomic mass is 16.6. The quantitative estimate of drug-likeness (QED) is 0.387. The van der Waals surface area contributed by atoms with E-state index in [9.17, 15) is 24.5 Å². The fourth-order valence-corrected chi connectivity index (χ4v) is 3.51. The van der Waals surface area contributed by atoms with Crippen LogP contribution in [0.1, 0.15) is 41.0 Å². The van der Waals surface area contributed by atoms with E-state index >= 15 is 0 Å². The third-order valence-electron chi connectivity index (χ3n) is 5.32. The molecule has 1 N–H and O–H groups in total. The number of rotatable bonds is 7. The molecule has 0 aliphatic carbocycles. The van der Waals surface area contributed by atoms with Crippen LogP contribution >= 0.6 is 0 Å². The first kappa shape index (κ1) is 23.7. The minimum atomic E-state index is -0.514. The number of ether oxygens (including phenoxy) is 1. The summed E-state index contributed by atoms with van der Waals surface area (Å²) in [6.07, 6.45) is 0.722. The van der Waals surface area contributed by atoms with Gasteiger partial charge in [0, 0.05) is 50.4 Å². The number of nitro groups is 1. The van der Waals surface area contributed by atoms with E-state index in [1.165, 1.54) is 19.1 Å². The Morgan fingerprint density at radius 1 is 1.03 bits per heavy atom. The van der Waals surface area contributed by atoms with Crippen molar-refractivity contribution in [1.82, 2.24) is 4.90 Å². The third-order valence-corrected chi connectivity index (χ3v) is 5.32. The number of nitrogens with zero attached hydrogens (tertiary/aromatic N) is 3. The summed E-state index contributed by atoms with van der Waals surface area (Å²) >= 11 is 0. The molecule has 0 unspecified atom stereocenters. The number of benzene rings is 2. The molecule has 0 radical (unpaired) electrons. The molecule has 1 aliphatic heterocycles. The van der Waals surface area contributed by atoms with Crippen molar-refractivity contribution in [2.75, 3.05) is 43.0 Å². The summed E-state index contributed by atoms with van der Waals surface area (Å²) in [5, 5.41) is 14.4. The van der Waals surface area contributed by atoms with E-state index in [0.717, 1.165) is 6.42 Å². The molecule has 2 amide bonds. The molecule has 0 bridgehead atoms. The van der Waals surface area contributed by atoms with Gasteiger partial charge in [0.05, 0.1) is 17.1 Å². The van der Waals surface area contributed by atoms with E-state index in [-0.39, 0.29) is 17.2 Å². The summed E-state index contributed by atoms with van der Waals surface area (Å²) < 4.78 is 5.07. The predicted octanol–water partition coefficient (Wildman–Crippen LogP) is 3.08. The Labute approximate surface area is 191 Å². The van der Waals surface area contributed by atoms with Crippen LogP contribution in [-0.2, 0) is 9.53 Å². The lowest BCUT2D eigenvalue weighted by atomic mass is 10.1. The van der Waals surface area contributed by atoms with Gasteiger partial charge in [0.2, 0.25) is 5.91 Å². The smallest absolute Gasteiger partial charge is 0.338 e. The second-order valence-corrected chi connectivity index (χ2v) is 7.62. The number of nitro benzene ring substituents is 1. The number of carbonyl (C=O) groups excluding carboxylic acids is 3. The van der Waals surface area contributed by atoms with E-state index < -0.39 is 16.8 Å². The van der Waals surface area contributed by atoms with Crippen LogP contribution in [0.15, 0.2) is 42.5 Å². The van der Waals surface area contributed by atoms with Gasteiger partial charge in [-0.15, -0.1) is 0 Å². The van der Waals surface area contributed by atoms with Gasteiger partial charge in [0.15, 0.2) is 0 Å². The summed E-state index contributed by atoms with van der Waals surface area (Å²) in [7, 11) is 0. The van der Waals surface area contributed by atoms with Gasteiger partial charge in [-0.05, 0) is 42.8 Å². The van der Waals surface area contributed by atoms with Crippen LogP contribution in [0, 0.1) is 10.1 Å². The molecule has 2 aromatic rings. The topological polar surface area (TPSA) is 122 Å². The van der Waals surface area contributed by atoms with Gasteiger partial charge in [-0.25, -0.2) is 4.79 Å². The van der Waals surface area contributed by atoms with Crippen LogP contribution < -0.4 is 10.2 Å². The van der Waals surface area contributed by atoms with E-state index in [1.807, 2.05) is 11.8 Å². The van der Waals surface area contributed by atoms with E-state index in [1.54, 1.807) is 35.2 Å². The summed E-state index contributed by atoms with van der Waals surface area (Å²) in [6.45, 7) is 5.64. The van der Waals surface area contributed by atoms with Crippen molar-refractivity contribution >= 4 is 34.8 Å². The molecule has 1 heterocycles. The van der Waals surface area contributed by atoms with Gasteiger partial charge in [-0.3, -0.25) is 19.7 Å². The average molecular weight is 454 g/mol. The Morgan fingerprint density at radius 2 is 1.67 bits per heavy atom. The maximum Gasteiger partial charge on any atom is 0.338 e. The number of carbonyl (C=O) groups is 3. The predicted molar refractivity (Wildman–Crippen MR) is 123 cm³/mol. The standard InChI is InChI=1S/C23H26N4O6/c1-3-14-33-23(30)17-4-7-19(8-5-17)24-22(29)18-6-9-20(21(15-18)27(31)32)26-12-10-25(11-13-26)16(2)28/h4-9,15H,3,10-14H2,1-2H3,(H,24,29). The van der Waals surface area contributed by atoms with Crippen LogP contribution in [0.5, 0.6) is 0 Å². The lowest BCUT2D eigenvalue weighted by Crippen LogP contribution is -2.48.